The zero-order chi connectivity index (χ0) is 14.2. The topological polar surface area (TPSA) is 43.4 Å². The van der Waals surface area contributed by atoms with Crippen molar-refractivity contribution in [3.63, 3.8) is 0 Å². The van der Waals surface area contributed by atoms with Crippen molar-refractivity contribution in [3.05, 3.63) is 24.0 Å². The molecule has 1 aliphatic rings. The maximum absolute atomic E-state index is 5.71. The molecule has 0 spiro atoms. The molecule has 2 rings (SSSR count). The Morgan fingerprint density at radius 2 is 2.35 bits per heavy atom. The van der Waals surface area contributed by atoms with Crippen LogP contribution in [0.15, 0.2) is 18.5 Å². The van der Waals surface area contributed by atoms with Gasteiger partial charge in [-0.3, -0.25) is 4.98 Å². The second-order valence-electron chi connectivity index (χ2n) is 5.21. The van der Waals surface area contributed by atoms with E-state index in [9.17, 15) is 0 Å². The quantitative estimate of drug-likeness (QED) is 0.793. The van der Waals surface area contributed by atoms with E-state index in [0.29, 0.717) is 18.8 Å². The first-order valence-electron chi connectivity index (χ1n) is 7.76. The van der Waals surface area contributed by atoms with E-state index in [-0.39, 0.29) is 0 Å². The first-order valence-corrected chi connectivity index (χ1v) is 7.76. The minimum Gasteiger partial charge on any atom is -0.492 e. The van der Waals surface area contributed by atoms with Crippen LogP contribution in [0.1, 0.15) is 51.1 Å². The van der Waals surface area contributed by atoms with Crippen molar-refractivity contribution in [1.82, 2.24) is 10.3 Å². The molecule has 0 saturated carbocycles. The largest absolute Gasteiger partial charge is 0.492 e. The van der Waals surface area contributed by atoms with E-state index in [1.54, 1.807) is 6.20 Å². The Morgan fingerprint density at radius 1 is 1.45 bits per heavy atom. The summed E-state index contributed by atoms with van der Waals surface area (Å²) in [5.41, 5.74) is 1.20. The molecule has 0 aliphatic carbocycles. The number of nitrogens with zero attached hydrogens (tertiary/aromatic N) is 1. The lowest BCUT2D eigenvalue weighted by molar-refractivity contribution is 0.0996. The molecule has 1 saturated heterocycles. The van der Waals surface area contributed by atoms with Gasteiger partial charge in [-0.25, -0.2) is 0 Å². The highest BCUT2D eigenvalue weighted by molar-refractivity contribution is 5.26. The van der Waals surface area contributed by atoms with Crippen molar-refractivity contribution in [2.24, 2.45) is 0 Å². The van der Waals surface area contributed by atoms with Gasteiger partial charge in [0.05, 0.1) is 18.9 Å². The zero-order valence-electron chi connectivity index (χ0n) is 12.6. The lowest BCUT2D eigenvalue weighted by Crippen LogP contribution is -2.22. The summed E-state index contributed by atoms with van der Waals surface area (Å²) in [6.07, 6.45) is 8.75. The average molecular weight is 278 g/mol. The second kappa shape index (κ2) is 8.22. The van der Waals surface area contributed by atoms with Crippen LogP contribution in [0.25, 0.3) is 0 Å². The SMILES string of the molecule is CCNC(CCC1CCCO1)c1cncc(OCC)c1. The molecule has 4 heteroatoms. The third-order valence-corrected chi connectivity index (χ3v) is 3.70. The Labute approximate surface area is 121 Å². The van der Waals surface area contributed by atoms with Gasteiger partial charge in [0.25, 0.3) is 0 Å². The Kier molecular flexibility index (Phi) is 6.27. The summed E-state index contributed by atoms with van der Waals surface area (Å²) >= 11 is 0. The van der Waals surface area contributed by atoms with Crippen molar-refractivity contribution in [1.29, 1.82) is 0 Å². The van der Waals surface area contributed by atoms with Gasteiger partial charge in [-0.2, -0.15) is 0 Å². The number of aromatic nitrogens is 1. The molecule has 0 amide bonds. The van der Waals surface area contributed by atoms with Crippen LogP contribution in [0.5, 0.6) is 5.75 Å². The molecule has 0 bridgehead atoms. The maximum atomic E-state index is 5.71. The predicted octanol–water partition coefficient (Wildman–Crippen LogP) is 3.09. The molecule has 1 N–H and O–H groups in total. The minimum absolute atomic E-state index is 0.331. The Balaban J connectivity index is 1.96. The molecule has 1 aliphatic heterocycles. The summed E-state index contributed by atoms with van der Waals surface area (Å²) in [7, 11) is 0. The first kappa shape index (κ1) is 15.3. The molecular weight excluding hydrogens is 252 g/mol. The lowest BCUT2D eigenvalue weighted by atomic mass is 10.0. The molecule has 2 atom stereocenters. The van der Waals surface area contributed by atoms with Crippen LogP contribution in [-0.4, -0.2) is 30.8 Å². The van der Waals surface area contributed by atoms with E-state index in [2.05, 4.69) is 23.3 Å². The number of ether oxygens (including phenoxy) is 2. The Morgan fingerprint density at radius 3 is 3.05 bits per heavy atom. The minimum atomic E-state index is 0.331. The summed E-state index contributed by atoms with van der Waals surface area (Å²) in [5, 5.41) is 3.54. The van der Waals surface area contributed by atoms with Crippen molar-refractivity contribution < 1.29 is 9.47 Å². The Hall–Kier alpha value is -1.13. The van der Waals surface area contributed by atoms with E-state index in [0.717, 1.165) is 31.7 Å². The van der Waals surface area contributed by atoms with Crippen molar-refractivity contribution in [2.45, 2.75) is 51.7 Å². The van der Waals surface area contributed by atoms with Gasteiger partial charge >= 0.3 is 0 Å². The van der Waals surface area contributed by atoms with Crippen LogP contribution >= 0.6 is 0 Å². The predicted molar refractivity (Wildman–Crippen MR) is 80.0 cm³/mol. The second-order valence-corrected chi connectivity index (χ2v) is 5.21. The molecule has 20 heavy (non-hydrogen) atoms. The number of pyridine rings is 1. The van der Waals surface area contributed by atoms with Gasteiger partial charge in [0, 0.05) is 18.8 Å². The van der Waals surface area contributed by atoms with Gasteiger partial charge in [0.1, 0.15) is 5.75 Å². The third kappa shape index (κ3) is 4.46. The molecule has 2 unspecified atom stereocenters. The van der Waals surface area contributed by atoms with Gasteiger partial charge in [-0.15, -0.1) is 0 Å². The van der Waals surface area contributed by atoms with Crippen molar-refractivity contribution in [3.8, 4) is 5.75 Å². The van der Waals surface area contributed by atoms with Crippen LogP contribution in [0.2, 0.25) is 0 Å². The van der Waals surface area contributed by atoms with Crippen molar-refractivity contribution >= 4 is 0 Å². The average Bonchev–Trinajstić information content (AvgIpc) is 2.97. The fourth-order valence-electron chi connectivity index (χ4n) is 2.73. The molecule has 112 valence electrons. The van der Waals surface area contributed by atoms with Gasteiger partial charge in [-0.1, -0.05) is 6.92 Å². The standard InChI is InChI=1S/C16H26N2O2/c1-3-18-16(8-7-14-6-5-9-20-14)13-10-15(19-4-2)12-17-11-13/h10-12,14,16,18H,3-9H2,1-2H3. The number of hydrogen-bond donors (Lipinski definition) is 1. The highest BCUT2D eigenvalue weighted by Gasteiger charge is 2.19. The van der Waals surface area contributed by atoms with Gasteiger partial charge in [0.15, 0.2) is 0 Å². The van der Waals surface area contributed by atoms with E-state index >= 15 is 0 Å². The summed E-state index contributed by atoms with van der Waals surface area (Å²) in [6.45, 7) is 6.69. The lowest BCUT2D eigenvalue weighted by Gasteiger charge is -2.20. The third-order valence-electron chi connectivity index (χ3n) is 3.70. The van der Waals surface area contributed by atoms with Gasteiger partial charge in [0.2, 0.25) is 0 Å². The van der Waals surface area contributed by atoms with Crippen LogP contribution in [-0.2, 0) is 4.74 Å². The molecule has 2 heterocycles. The summed E-state index contributed by atoms with van der Waals surface area (Å²) in [6, 6.07) is 2.43. The van der Waals surface area contributed by atoms with E-state index in [1.807, 2.05) is 13.1 Å². The molecule has 0 aromatic carbocycles. The highest BCUT2D eigenvalue weighted by atomic mass is 16.5. The fourth-order valence-corrected chi connectivity index (χ4v) is 2.73. The molecule has 0 radical (unpaired) electrons. The normalized spacial score (nSPS) is 20.0. The fraction of sp³-hybridized carbons (Fsp3) is 0.688. The smallest absolute Gasteiger partial charge is 0.137 e. The monoisotopic (exact) mass is 278 g/mol. The zero-order valence-corrected chi connectivity index (χ0v) is 12.6. The highest BCUT2D eigenvalue weighted by Crippen LogP contribution is 2.25. The molecule has 1 fully saturated rings. The number of nitrogens with one attached hydrogen (secondary N) is 1. The van der Waals surface area contributed by atoms with E-state index < -0.39 is 0 Å². The van der Waals surface area contributed by atoms with Gasteiger partial charge in [-0.05, 0) is 50.8 Å². The van der Waals surface area contributed by atoms with Crippen LogP contribution in [0.3, 0.4) is 0 Å². The maximum Gasteiger partial charge on any atom is 0.137 e. The summed E-state index contributed by atoms with van der Waals surface area (Å²) in [4.78, 5) is 4.29. The van der Waals surface area contributed by atoms with Crippen LogP contribution in [0, 0.1) is 0 Å². The summed E-state index contributed by atoms with van der Waals surface area (Å²) < 4.78 is 11.2. The first-order chi connectivity index (χ1) is 9.83. The molecule has 1 aromatic heterocycles. The van der Waals surface area contributed by atoms with Crippen LogP contribution < -0.4 is 10.1 Å². The van der Waals surface area contributed by atoms with Crippen molar-refractivity contribution in [2.75, 3.05) is 19.8 Å². The number of hydrogen-bond acceptors (Lipinski definition) is 4. The molecule has 4 nitrogen and oxygen atoms in total. The molecular formula is C16H26N2O2. The number of rotatable bonds is 8. The Bertz CT molecular complexity index is 392. The van der Waals surface area contributed by atoms with E-state index in [4.69, 9.17) is 9.47 Å². The van der Waals surface area contributed by atoms with E-state index in [1.165, 1.54) is 18.4 Å². The van der Waals surface area contributed by atoms with Crippen LogP contribution in [0.4, 0.5) is 0 Å². The van der Waals surface area contributed by atoms with Gasteiger partial charge < -0.3 is 14.8 Å². The molecule has 1 aromatic rings. The summed E-state index contributed by atoms with van der Waals surface area (Å²) in [5.74, 6) is 0.852.